The molecule has 3 aromatic rings. The molecular weight excluding hydrogens is 388 g/mol. The second-order valence-electron chi connectivity index (χ2n) is 6.76. The van der Waals surface area contributed by atoms with E-state index in [9.17, 15) is 0 Å². The van der Waals surface area contributed by atoms with E-state index in [1.165, 1.54) is 0 Å². The fraction of sp³-hybridized carbons (Fsp3) is 0.238. The molecule has 1 N–H and O–H groups in total. The number of hydrogen-bond acceptors (Lipinski definition) is 3. The molecule has 1 aliphatic heterocycles. The van der Waals surface area contributed by atoms with Crippen LogP contribution in [-0.2, 0) is 0 Å². The molecule has 0 bridgehead atoms. The van der Waals surface area contributed by atoms with E-state index in [-0.39, 0.29) is 0 Å². The molecular formula is C21H22BrN4+. The van der Waals surface area contributed by atoms with Crippen LogP contribution in [0.5, 0.6) is 0 Å². The average Bonchev–Trinajstić information content (AvgIpc) is 2.69. The molecule has 0 amide bonds. The van der Waals surface area contributed by atoms with Crippen LogP contribution in [0.4, 0.5) is 5.95 Å². The van der Waals surface area contributed by atoms with E-state index in [0.29, 0.717) is 0 Å². The number of benzene rings is 2. The standard InChI is InChI=1S/C21H21BrN4/c1-25-11-13-26(14-12-25)21-23-19(16-5-3-2-4-6-16)15-20(24-21)17-7-9-18(22)10-8-17/h2-10,15H,11-14H2,1H3/p+1. The minimum absolute atomic E-state index is 0.830. The van der Waals surface area contributed by atoms with E-state index in [4.69, 9.17) is 9.97 Å². The van der Waals surface area contributed by atoms with E-state index in [2.05, 4.69) is 82.5 Å². The van der Waals surface area contributed by atoms with Crippen molar-refractivity contribution in [3.8, 4) is 22.5 Å². The van der Waals surface area contributed by atoms with E-state index in [0.717, 1.165) is 59.1 Å². The van der Waals surface area contributed by atoms with Gasteiger partial charge >= 0.3 is 0 Å². The van der Waals surface area contributed by atoms with Crippen molar-refractivity contribution in [2.24, 2.45) is 0 Å². The summed E-state index contributed by atoms with van der Waals surface area (Å²) in [6.45, 7) is 4.22. The van der Waals surface area contributed by atoms with Gasteiger partial charge in [0.05, 0.1) is 44.6 Å². The smallest absolute Gasteiger partial charge is 0.226 e. The maximum absolute atomic E-state index is 4.90. The lowest BCUT2D eigenvalue weighted by molar-refractivity contribution is -0.880. The molecule has 2 aromatic carbocycles. The van der Waals surface area contributed by atoms with Gasteiger partial charge in [-0.2, -0.15) is 0 Å². The van der Waals surface area contributed by atoms with Crippen molar-refractivity contribution in [1.29, 1.82) is 0 Å². The van der Waals surface area contributed by atoms with Crippen molar-refractivity contribution < 1.29 is 4.90 Å². The Morgan fingerprint density at radius 3 is 2.04 bits per heavy atom. The summed E-state index contributed by atoms with van der Waals surface area (Å²) >= 11 is 3.51. The van der Waals surface area contributed by atoms with Crippen LogP contribution in [0.15, 0.2) is 65.1 Å². The number of hydrogen-bond donors (Lipinski definition) is 1. The fourth-order valence-corrected chi connectivity index (χ4v) is 3.45. The highest BCUT2D eigenvalue weighted by molar-refractivity contribution is 9.10. The maximum atomic E-state index is 4.90. The first-order valence-corrected chi connectivity index (χ1v) is 9.75. The lowest BCUT2D eigenvalue weighted by Crippen LogP contribution is -3.12. The highest BCUT2D eigenvalue weighted by Gasteiger charge is 2.20. The summed E-state index contributed by atoms with van der Waals surface area (Å²) in [5, 5.41) is 0. The van der Waals surface area contributed by atoms with E-state index < -0.39 is 0 Å². The molecule has 0 spiro atoms. The second-order valence-corrected chi connectivity index (χ2v) is 7.67. The molecule has 1 aliphatic rings. The number of rotatable bonds is 3. The lowest BCUT2D eigenvalue weighted by atomic mass is 10.1. The Balaban J connectivity index is 1.78. The zero-order valence-electron chi connectivity index (χ0n) is 14.8. The minimum atomic E-state index is 0.830. The monoisotopic (exact) mass is 409 g/mol. The van der Waals surface area contributed by atoms with Gasteiger partial charge < -0.3 is 9.80 Å². The number of piperazine rings is 1. The van der Waals surface area contributed by atoms with Gasteiger partial charge in [0.15, 0.2) is 0 Å². The molecule has 0 unspecified atom stereocenters. The van der Waals surface area contributed by atoms with Gasteiger partial charge in [-0.3, -0.25) is 0 Å². The molecule has 0 saturated carbocycles. The molecule has 1 saturated heterocycles. The number of nitrogens with one attached hydrogen (secondary N) is 1. The molecule has 1 fully saturated rings. The van der Waals surface area contributed by atoms with Gasteiger partial charge in [-0.05, 0) is 18.2 Å². The summed E-state index contributed by atoms with van der Waals surface area (Å²) in [5.74, 6) is 0.830. The van der Waals surface area contributed by atoms with Crippen molar-refractivity contribution in [2.45, 2.75) is 0 Å². The fourth-order valence-electron chi connectivity index (χ4n) is 3.19. The Kier molecular flexibility index (Phi) is 5.00. The molecule has 4 nitrogen and oxygen atoms in total. The molecule has 0 radical (unpaired) electrons. The highest BCUT2D eigenvalue weighted by Crippen LogP contribution is 2.27. The Morgan fingerprint density at radius 1 is 0.846 bits per heavy atom. The van der Waals surface area contributed by atoms with Crippen molar-refractivity contribution in [3.63, 3.8) is 0 Å². The van der Waals surface area contributed by atoms with E-state index >= 15 is 0 Å². The van der Waals surface area contributed by atoms with Crippen LogP contribution in [0.1, 0.15) is 0 Å². The third-order valence-corrected chi connectivity index (χ3v) is 5.35. The summed E-state index contributed by atoms with van der Waals surface area (Å²) in [6, 6.07) is 20.7. The SMILES string of the molecule is C[NH+]1CCN(c2nc(-c3ccccc3)cc(-c3ccc(Br)cc3)n2)CC1. The summed E-state index contributed by atoms with van der Waals surface area (Å²) in [7, 11) is 2.24. The highest BCUT2D eigenvalue weighted by atomic mass is 79.9. The van der Waals surface area contributed by atoms with Crippen molar-refractivity contribution in [2.75, 3.05) is 38.1 Å². The molecule has 4 rings (SSSR count). The van der Waals surface area contributed by atoms with Gasteiger partial charge in [0.1, 0.15) is 0 Å². The number of anilines is 1. The summed E-state index contributed by atoms with van der Waals surface area (Å²) in [6.07, 6.45) is 0. The number of halogens is 1. The van der Waals surface area contributed by atoms with Gasteiger partial charge in [0.25, 0.3) is 0 Å². The topological polar surface area (TPSA) is 33.5 Å². The van der Waals surface area contributed by atoms with Crippen molar-refractivity contribution in [3.05, 3.63) is 65.1 Å². The summed E-state index contributed by atoms with van der Waals surface area (Å²) < 4.78 is 1.07. The zero-order chi connectivity index (χ0) is 17.9. The first-order valence-electron chi connectivity index (χ1n) is 8.96. The van der Waals surface area contributed by atoms with Crippen LogP contribution in [-0.4, -0.2) is 43.2 Å². The lowest BCUT2D eigenvalue weighted by Gasteiger charge is -2.30. The van der Waals surface area contributed by atoms with Crippen LogP contribution in [0.2, 0.25) is 0 Å². The largest absolute Gasteiger partial charge is 0.334 e. The average molecular weight is 410 g/mol. The van der Waals surface area contributed by atoms with Crippen LogP contribution < -0.4 is 9.80 Å². The molecule has 0 atom stereocenters. The number of likely N-dealkylation sites (N-methyl/N-ethyl adjacent to an activating group) is 1. The second kappa shape index (κ2) is 7.56. The predicted octanol–water partition coefficient (Wildman–Crippen LogP) is 2.91. The van der Waals surface area contributed by atoms with E-state index in [1.807, 2.05) is 6.07 Å². The Bertz CT molecular complexity index is 872. The molecule has 5 heteroatoms. The van der Waals surface area contributed by atoms with Gasteiger partial charge in [0.2, 0.25) is 5.95 Å². The van der Waals surface area contributed by atoms with Gasteiger partial charge in [-0.1, -0.05) is 58.4 Å². The van der Waals surface area contributed by atoms with E-state index in [1.54, 1.807) is 4.90 Å². The van der Waals surface area contributed by atoms with Crippen molar-refractivity contribution >= 4 is 21.9 Å². The quantitative estimate of drug-likeness (QED) is 0.721. The molecule has 0 aliphatic carbocycles. The molecule has 2 heterocycles. The molecule has 132 valence electrons. The minimum Gasteiger partial charge on any atom is -0.334 e. The first kappa shape index (κ1) is 17.2. The first-order chi connectivity index (χ1) is 12.7. The van der Waals surface area contributed by atoms with Gasteiger partial charge in [-0.25, -0.2) is 9.97 Å². The molecule has 26 heavy (non-hydrogen) atoms. The Labute approximate surface area is 162 Å². The third-order valence-electron chi connectivity index (χ3n) is 4.82. The number of nitrogens with zero attached hydrogens (tertiary/aromatic N) is 3. The van der Waals surface area contributed by atoms with Crippen LogP contribution in [0.3, 0.4) is 0 Å². The van der Waals surface area contributed by atoms with Crippen molar-refractivity contribution in [1.82, 2.24) is 9.97 Å². The van der Waals surface area contributed by atoms with Gasteiger partial charge in [-0.15, -0.1) is 0 Å². The zero-order valence-corrected chi connectivity index (χ0v) is 16.4. The predicted molar refractivity (Wildman–Crippen MR) is 109 cm³/mol. The van der Waals surface area contributed by atoms with Crippen LogP contribution >= 0.6 is 15.9 Å². The van der Waals surface area contributed by atoms with Crippen LogP contribution in [0.25, 0.3) is 22.5 Å². The van der Waals surface area contributed by atoms with Crippen LogP contribution in [0, 0.1) is 0 Å². The summed E-state index contributed by atoms with van der Waals surface area (Å²) in [5.41, 5.74) is 4.16. The summed E-state index contributed by atoms with van der Waals surface area (Å²) in [4.78, 5) is 13.7. The maximum Gasteiger partial charge on any atom is 0.226 e. The Morgan fingerprint density at radius 2 is 1.42 bits per heavy atom. The number of aromatic nitrogens is 2. The van der Waals surface area contributed by atoms with Gasteiger partial charge in [0, 0.05) is 15.6 Å². The Hall–Kier alpha value is -2.24. The molecule has 1 aromatic heterocycles. The number of quaternary nitrogens is 1. The third kappa shape index (κ3) is 3.79. The normalized spacial score (nSPS) is 15.2.